The molecule has 0 aromatic heterocycles. The van der Waals surface area contributed by atoms with Gasteiger partial charge in [0.05, 0.1) is 11.1 Å². The second-order valence-electron chi connectivity index (χ2n) is 4.31. The van der Waals surface area contributed by atoms with Gasteiger partial charge in [-0.15, -0.1) is 0 Å². The van der Waals surface area contributed by atoms with Crippen LogP contribution in [-0.4, -0.2) is 7.05 Å². The summed E-state index contributed by atoms with van der Waals surface area (Å²) in [7, 11) is 1.97. The van der Waals surface area contributed by atoms with Crippen molar-refractivity contribution >= 4 is 27.5 Å². The van der Waals surface area contributed by atoms with Crippen LogP contribution in [-0.2, 0) is 0 Å². The molecule has 1 unspecified atom stereocenters. The lowest BCUT2D eigenvalue weighted by Gasteiger charge is -2.18. The Morgan fingerprint density at radius 2 is 1.83 bits per heavy atom. The normalized spacial score (nSPS) is 12.4. The predicted octanol–water partition coefficient (Wildman–Crippen LogP) is 4.72. The highest BCUT2D eigenvalue weighted by Crippen LogP contribution is 2.29. The van der Waals surface area contributed by atoms with E-state index in [2.05, 4.69) is 64.6 Å². The third kappa shape index (κ3) is 2.94. The Labute approximate surface area is 121 Å². The van der Waals surface area contributed by atoms with E-state index in [1.807, 2.05) is 13.1 Å². The summed E-state index contributed by atoms with van der Waals surface area (Å²) in [5.41, 5.74) is 3.71. The molecule has 1 N–H and O–H groups in total. The molecule has 0 fully saturated rings. The molecule has 0 bridgehead atoms. The van der Waals surface area contributed by atoms with Crippen LogP contribution in [0.3, 0.4) is 0 Å². The molecule has 0 aliphatic heterocycles. The largest absolute Gasteiger partial charge is 0.309 e. The Bertz CT molecular complexity index is 554. The molecule has 1 atom stereocenters. The van der Waals surface area contributed by atoms with Crippen LogP contribution in [0.2, 0.25) is 5.02 Å². The average molecular weight is 325 g/mol. The first-order valence-electron chi connectivity index (χ1n) is 5.80. The molecule has 0 radical (unpaired) electrons. The fourth-order valence-electron chi connectivity index (χ4n) is 2.07. The van der Waals surface area contributed by atoms with Gasteiger partial charge in [0, 0.05) is 4.47 Å². The minimum absolute atomic E-state index is 0.179. The highest BCUT2D eigenvalue weighted by molar-refractivity contribution is 9.10. The lowest BCUT2D eigenvalue weighted by molar-refractivity contribution is 0.691. The van der Waals surface area contributed by atoms with Crippen LogP contribution in [0.15, 0.2) is 46.9 Å². The molecule has 94 valence electrons. The van der Waals surface area contributed by atoms with E-state index in [1.54, 1.807) is 0 Å². The van der Waals surface area contributed by atoms with Crippen LogP contribution in [0.4, 0.5) is 0 Å². The smallest absolute Gasteiger partial charge is 0.0574 e. The topological polar surface area (TPSA) is 12.0 Å². The van der Waals surface area contributed by atoms with Gasteiger partial charge in [0.25, 0.3) is 0 Å². The van der Waals surface area contributed by atoms with E-state index in [-0.39, 0.29) is 6.04 Å². The van der Waals surface area contributed by atoms with Crippen molar-refractivity contribution in [2.24, 2.45) is 0 Å². The Hall–Kier alpha value is -0.830. The molecule has 1 nitrogen and oxygen atoms in total. The molecule has 0 aliphatic rings. The third-order valence-corrected chi connectivity index (χ3v) is 4.16. The van der Waals surface area contributed by atoms with E-state index in [9.17, 15) is 0 Å². The maximum absolute atomic E-state index is 6.03. The van der Waals surface area contributed by atoms with E-state index in [0.29, 0.717) is 0 Å². The Morgan fingerprint density at radius 1 is 1.11 bits per heavy atom. The predicted molar refractivity (Wildman–Crippen MR) is 81.2 cm³/mol. The number of hydrogen-bond donors (Lipinski definition) is 1. The summed E-state index contributed by atoms with van der Waals surface area (Å²) in [4.78, 5) is 0. The van der Waals surface area contributed by atoms with E-state index in [0.717, 1.165) is 9.50 Å². The van der Waals surface area contributed by atoms with Gasteiger partial charge in [0.2, 0.25) is 0 Å². The van der Waals surface area contributed by atoms with Crippen LogP contribution in [0, 0.1) is 6.92 Å². The lowest BCUT2D eigenvalue weighted by Crippen LogP contribution is -2.17. The maximum Gasteiger partial charge on any atom is 0.0574 e. The zero-order chi connectivity index (χ0) is 13.1. The van der Waals surface area contributed by atoms with E-state index in [4.69, 9.17) is 11.6 Å². The van der Waals surface area contributed by atoms with Gasteiger partial charge < -0.3 is 5.32 Å². The van der Waals surface area contributed by atoms with Gasteiger partial charge in [-0.3, -0.25) is 0 Å². The molecular weight excluding hydrogens is 310 g/mol. The van der Waals surface area contributed by atoms with Crippen LogP contribution in [0.25, 0.3) is 0 Å². The van der Waals surface area contributed by atoms with E-state index >= 15 is 0 Å². The SMILES string of the molecule is CNC(c1cccc(C)c1)c1ccc(Cl)c(Br)c1. The summed E-state index contributed by atoms with van der Waals surface area (Å²) in [5, 5.41) is 4.08. The summed E-state index contributed by atoms with van der Waals surface area (Å²) < 4.78 is 0.926. The van der Waals surface area contributed by atoms with Crippen LogP contribution in [0.1, 0.15) is 22.7 Å². The summed E-state index contributed by atoms with van der Waals surface area (Å²) in [6.07, 6.45) is 0. The molecule has 0 amide bonds. The second-order valence-corrected chi connectivity index (χ2v) is 5.57. The molecule has 0 saturated carbocycles. The number of rotatable bonds is 3. The molecule has 2 rings (SSSR count). The van der Waals surface area contributed by atoms with Crippen molar-refractivity contribution in [3.63, 3.8) is 0 Å². The summed E-state index contributed by atoms with van der Waals surface area (Å²) in [6, 6.07) is 14.7. The maximum atomic E-state index is 6.03. The molecule has 18 heavy (non-hydrogen) atoms. The number of benzene rings is 2. The number of nitrogens with one attached hydrogen (secondary N) is 1. The Kier molecular flexibility index (Phi) is 4.44. The molecule has 2 aromatic rings. The Morgan fingerprint density at radius 3 is 2.44 bits per heavy atom. The summed E-state index contributed by atoms with van der Waals surface area (Å²) in [5.74, 6) is 0. The first-order valence-corrected chi connectivity index (χ1v) is 6.97. The molecule has 2 aromatic carbocycles. The highest BCUT2D eigenvalue weighted by Gasteiger charge is 2.13. The van der Waals surface area contributed by atoms with Gasteiger partial charge in [-0.05, 0) is 53.2 Å². The van der Waals surface area contributed by atoms with Crippen molar-refractivity contribution in [1.29, 1.82) is 0 Å². The van der Waals surface area contributed by atoms with Crippen molar-refractivity contribution in [2.75, 3.05) is 7.05 Å². The van der Waals surface area contributed by atoms with Crippen molar-refractivity contribution in [3.8, 4) is 0 Å². The van der Waals surface area contributed by atoms with Crippen LogP contribution in [0.5, 0.6) is 0 Å². The minimum Gasteiger partial charge on any atom is -0.309 e. The lowest BCUT2D eigenvalue weighted by atomic mass is 9.97. The van der Waals surface area contributed by atoms with Crippen molar-refractivity contribution < 1.29 is 0 Å². The van der Waals surface area contributed by atoms with Gasteiger partial charge >= 0.3 is 0 Å². The number of aryl methyl sites for hydroxylation is 1. The second kappa shape index (κ2) is 5.87. The highest BCUT2D eigenvalue weighted by atomic mass is 79.9. The first-order chi connectivity index (χ1) is 8.61. The van der Waals surface area contributed by atoms with Crippen LogP contribution < -0.4 is 5.32 Å². The van der Waals surface area contributed by atoms with Crippen molar-refractivity contribution in [2.45, 2.75) is 13.0 Å². The zero-order valence-electron chi connectivity index (χ0n) is 10.4. The van der Waals surface area contributed by atoms with Gasteiger partial charge in [-0.2, -0.15) is 0 Å². The molecular formula is C15H15BrClN. The van der Waals surface area contributed by atoms with Gasteiger partial charge in [0.1, 0.15) is 0 Å². The van der Waals surface area contributed by atoms with Crippen molar-refractivity contribution in [1.82, 2.24) is 5.32 Å². The molecule has 0 aliphatic carbocycles. The average Bonchev–Trinajstić information content (AvgIpc) is 2.35. The standard InChI is InChI=1S/C15H15BrClN/c1-10-4-3-5-11(8-10)15(18-2)12-6-7-14(17)13(16)9-12/h3-9,15,18H,1-2H3. The van der Waals surface area contributed by atoms with Gasteiger partial charge in [0.15, 0.2) is 0 Å². The molecule has 0 heterocycles. The molecule has 3 heteroatoms. The fraction of sp³-hybridized carbons (Fsp3) is 0.200. The van der Waals surface area contributed by atoms with Gasteiger partial charge in [-0.1, -0.05) is 47.5 Å². The fourth-order valence-corrected chi connectivity index (χ4v) is 2.58. The third-order valence-electron chi connectivity index (χ3n) is 2.94. The zero-order valence-corrected chi connectivity index (χ0v) is 12.7. The van der Waals surface area contributed by atoms with Gasteiger partial charge in [-0.25, -0.2) is 0 Å². The quantitative estimate of drug-likeness (QED) is 0.861. The number of halogens is 2. The minimum atomic E-state index is 0.179. The first kappa shape index (κ1) is 13.6. The van der Waals surface area contributed by atoms with E-state index in [1.165, 1.54) is 16.7 Å². The monoisotopic (exact) mass is 323 g/mol. The van der Waals surface area contributed by atoms with Crippen molar-refractivity contribution in [3.05, 3.63) is 68.7 Å². The molecule has 0 saturated heterocycles. The van der Waals surface area contributed by atoms with E-state index < -0.39 is 0 Å². The summed E-state index contributed by atoms with van der Waals surface area (Å²) >= 11 is 9.50. The summed E-state index contributed by atoms with van der Waals surface area (Å²) in [6.45, 7) is 2.11. The molecule has 0 spiro atoms. The Balaban J connectivity index is 2.42. The number of hydrogen-bond acceptors (Lipinski definition) is 1. The van der Waals surface area contributed by atoms with Crippen LogP contribution >= 0.6 is 27.5 Å².